The Morgan fingerprint density at radius 1 is 1.22 bits per heavy atom. The first-order valence-corrected chi connectivity index (χ1v) is 9.88. The van der Waals surface area contributed by atoms with Crippen molar-refractivity contribution in [3.05, 3.63) is 82.0 Å². The average Bonchev–Trinajstić information content (AvgIpc) is 3.28. The predicted molar refractivity (Wildman–Crippen MR) is 109 cm³/mol. The van der Waals surface area contributed by atoms with Gasteiger partial charge >= 0.3 is 5.97 Å². The van der Waals surface area contributed by atoms with E-state index in [1.807, 2.05) is 41.0 Å². The van der Waals surface area contributed by atoms with Crippen LogP contribution in [0.4, 0.5) is 0 Å². The largest absolute Gasteiger partial charge is 0.461 e. The van der Waals surface area contributed by atoms with E-state index in [1.54, 1.807) is 12.3 Å². The first kappa shape index (κ1) is 17.8. The molecular formula is C21H17ClN2O2S. The summed E-state index contributed by atoms with van der Waals surface area (Å²) in [6, 6.07) is 16.2. The highest BCUT2D eigenvalue weighted by atomic mass is 35.5. The minimum absolute atomic E-state index is 0.324. The van der Waals surface area contributed by atoms with Crippen molar-refractivity contribution in [3.63, 3.8) is 0 Å². The number of aromatic nitrogens is 2. The third-order valence-electron chi connectivity index (χ3n) is 4.27. The van der Waals surface area contributed by atoms with E-state index in [4.69, 9.17) is 16.3 Å². The van der Waals surface area contributed by atoms with Crippen LogP contribution in [0.3, 0.4) is 0 Å². The van der Waals surface area contributed by atoms with E-state index in [2.05, 4.69) is 23.3 Å². The van der Waals surface area contributed by atoms with Gasteiger partial charge < -0.3 is 4.74 Å². The van der Waals surface area contributed by atoms with Gasteiger partial charge in [-0.15, -0.1) is 11.3 Å². The number of hydrogen-bond acceptors (Lipinski definition) is 4. The summed E-state index contributed by atoms with van der Waals surface area (Å²) in [7, 11) is 0. The SMILES string of the molecule is CCOC(=O)c1csc(-n2cc(Cc3ccccc3)c3ccc(Cl)cc32)n1. The summed E-state index contributed by atoms with van der Waals surface area (Å²) < 4.78 is 7.04. The van der Waals surface area contributed by atoms with Crippen LogP contribution in [-0.2, 0) is 11.2 Å². The molecule has 2 aromatic heterocycles. The van der Waals surface area contributed by atoms with Gasteiger partial charge in [0.1, 0.15) is 0 Å². The molecule has 0 N–H and O–H groups in total. The number of esters is 1. The van der Waals surface area contributed by atoms with Crippen molar-refractivity contribution >= 4 is 39.8 Å². The average molecular weight is 397 g/mol. The Bertz CT molecular complexity index is 1100. The highest BCUT2D eigenvalue weighted by molar-refractivity contribution is 7.12. The molecule has 0 aliphatic carbocycles. The number of thiazole rings is 1. The number of carbonyl (C=O) groups is 1. The van der Waals surface area contributed by atoms with E-state index < -0.39 is 5.97 Å². The number of carbonyl (C=O) groups excluding carboxylic acids is 1. The molecule has 0 bridgehead atoms. The minimum Gasteiger partial charge on any atom is -0.461 e. The van der Waals surface area contributed by atoms with Crippen molar-refractivity contribution in [3.8, 4) is 5.13 Å². The number of fused-ring (bicyclic) bond motifs is 1. The van der Waals surface area contributed by atoms with Gasteiger partial charge in [-0.3, -0.25) is 4.57 Å². The van der Waals surface area contributed by atoms with Gasteiger partial charge in [0.25, 0.3) is 0 Å². The van der Waals surface area contributed by atoms with Gasteiger partial charge in [-0.25, -0.2) is 9.78 Å². The second kappa shape index (κ2) is 7.55. The van der Waals surface area contributed by atoms with Crippen molar-refractivity contribution in [2.75, 3.05) is 6.61 Å². The number of nitrogens with zero attached hydrogens (tertiary/aromatic N) is 2. The second-order valence-corrected chi connectivity index (χ2v) is 7.36. The molecule has 6 heteroatoms. The van der Waals surface area contributed by atoms with Crippen molar-refractivity contribution in [1.29, 1.82) is 0 Å². The summed E-state index contributed by atoms with van der Waals surface area (Å²) in [6.07, 6.45) is 2.88. The van der Waals surface area contributed by atoms with E-state index in [0.29, 0.717) is 22.5 Å². The second-order valence-electron chi connectivity index (χ2n) is 6.08. The summed E-state index contributed by atoms with van der Waals surface area (Å²) >= 11 is 7.65. The molecule has 27 heavy (non-hydrogen) atoms. The van der Waals surface area contributed by atoms with Gasteiger partial charge in [0, 0.05) is 22.0 Å². The normalized spacial score (nSPS) is 11.0. The van der Waals surface area contributed by atoms with Crippen LogP contribution in [0.5, 0.6) is 0 Å². The number of rotatable bonds is 5. The van der Waals surface area contributed by atoms with E-state index in [0.717, 1.165) is 17.3 Å². The number of benzene rings is 2. The molecule has 0 fully saturated rings. The zero-order chi connectivity index (χ0) is 18.8. The van der Waals surface area contributed by atoms with Crippen LogP contribution in [0, 0.1) is 0 Å². The molecule has 2 heterocycles. The topological polar surface area (TPSA) is 44.1 Å². The highest BCUT2D eigenvalue weighted by Gasteiger charge is 2.16. The number of hydrogen-bond donors (Lipinski definition) is 0. The lowest BCUT2D eigenvalue weighted by molar-refractivity contribution is 0.0520. The van der Waals surface area contributed by atoms with Crippen LogP contribution in [0.2, 0.25) is 5.02 Å². The van der Waals surface area contributed by atoms with Crippen molar-refractivity contribution < 1.29 is 9.53 Å². The van der Waals surface area contributed by atoms with Crippen LogP contribution in [0.25, 0.3) is 16.0 Å². The smallest absolute Gasteiger partial charge is 0.357 e. The van der Waals surface area contributed by atoms with Crippen molar-refractivity contribution in [2.24, 2.45) is 0 Å². The molecule has 0 aliphatic heterocycles. The van der Waals surface area contributed by atoms with E-state index in [1.165, 1.54) is 22.5 Å². The predicted octanol–water partition coefficient (Wildman–Crippen LogP) is 5.51. The zero-order valence-corrected chi connectivity index (χ0v) is 16.3. The van der Waals surface area contributed by atoms with Gasteiger partial charge in [0.05, 0.1) is 12.1 Å². The lowest BCUT2D eigenvalue weighted by Gasteiger charge is -2.01. The molecule has 2 aromatic carbocycles. The third kappa shape index (κ3) is 3.61. The quantitative estimate of drug-likeness (QED) is 0.418. The fraction of sp³-hybridized carbons (Fsp3) is 0.143. The van der Waals surface area contributed by atoms with Crippen molar-refractivity contribution in [1.82, 2.24) is 9.55 Å². The fourth-order valence-electron chi connectivity index (χ4n) is 3.06. The Morgan fingerprint density at radius 2 is 2.04 bits per heavy atom. The Hall–Kier alpha value is -2.63. The summed E-state index contributed by atoms with van der Waals surface area (Å²) in [5.74, 6) is -0.404. The Labute approximate surface area is 166 Å². The summed E-state index contributed by atoms with van der Waals surface area (Å²) in [5, 5.41) is 4.22. The maximum absolute atomic E-state index is 11.9. The molecule has 0 aliphatic rings. The van der Waals surface area contributed by atoms with Gasteiger partial charge in [0.15, 0.2) is 10.8 Å². The molecule has 4 rings (SSSR count). The number of ether oxygens (including phenoxy) is 1. The molecule has 0 spiro atoms. The van der Waals surface area contributed by atoms with Crippen LogP contribution in [0.15, 0.2) is 60.1 Å². The van der Waals surface area contributed by atoms with Crippen LogP contribution in [-0.4, -0.2) is 22.1 Å². The van der Waals surface area contributed by atoms with Crippen molar-refractivity contribution in [2.45, 2.75) is 13.3 Å². The van der Waals surface area contributed by atoms with Gasteiger partial charge in [0.2, 0.25) is 0 Å². The minimum atomic E-state index is -0.404. The monoisotopic (exact) mass is 396 g/mol. The summed E-state index contributed by atoms with van der Waals surface area (Å²) in [4.78, 5) is 16.4. The van der Waals surface area contributed by atoms with Crippen LogP contribution >= 0.6 is 22.9 Å². The van der Waals surface area contributed by atoms with E-state index in [-0.39, 0.29) is 0 Å². The molecular weight excluding hydrogens is 380 g/mol. The number of halogens is 1. The molecule has 4 aromatic rings. The van der Waals surface area contributed by atoms with Gasteiger partial charge in [-0.1, -0.05) is 48.0 Å². The fourth-order valence-corrected chi connectivity index (χ4v) is 4.01. The molecule has 0 atom stereocenters. The lowest BCUT2D eigenvalue weighted by atomic mass is 10.0. The first-order chi connectivity index (χ1) is 13.2. The summed E-state index contributed by atoms with van der Waals surface area (Å²) in [5.41, 5.74) is 3.71. The van der Waals surface area contributed by atoms with Gasteiger partial charge in [-0.05, 0) is 36.6 Å². The molecule has 0 saturated heterocycles. The third-order valence-corrected chi connectivity index (χ3v) is 5.35. The molecule has 0 radical (unpaired) electrons. The molecule has 4 nitrogen and oxygen atoms in total. The Morgan fingerprint density at radius 3 is 2.81 bits per heavy atom. The van der Waals surface area contributed by atoms with E-state index >= 15 is 0 Å². The lowest BCUT2D eigenvalue weighted by Crippen LogP contribution is -2.05. The van der Waals surface area contributed by atoms with Crippen LogP contribution in [0.1, 0.15) is 28.5 Å². The molecule has 0 amide bonds. The van der Waals surface area contributed by atoms with Crippen LogP contribution < -0.4 is 0 Å². The highest BCUT2D eigenvalue weighted by Crippen LogP contribution is 2.30. The molecule has 136 valence electrons. The standard InChI is InChI=1S/C21H17ClN2O2S/c1-2-26-20(25)18-13-27-21(23-18)24-12-15(10-14-6-4-3-5-7-14)17-9-8-16(22)11-19(17)24/h3-9,11-13H,2,10H2,1H3. The van der Waals surface area contributed by atoms with Gasteiger partial charge in [-0.2, -0.15) is 0 Å². The first-order valence-electron chi connectivity index (χ1n) is 8.62. The summed E-state index contributed by atoms with van der Waals surface area (Å²) in [6.45, 7) is 2.11. The zero-order valence-electron chi connectivity index (χ0n) is 14.7. The maximum atomic E-state index is 11.9. The molecule has 0 unspecified atom stereocenters. The molecule has 0 saturated carbocycles. The van der Waals surface area contributed by atoms with E-state index in [9.17, 15) is 4.79 Å². The Balaban J connectivity index is 1.79. The Kier molecular flexibility index (Phi) is 4.97. The maximum Gasteiger partial charge on any atom is 0.357 e.